The van der Waals surface area contributed by atoms with E-state index in [0.29, 0.717) is 6.54 Å². The number of carbonyl (C=O) groups is 2. The fourth-order valence-corrected chi connectivity index (χ4v) is 4.81. The Bertz CT molecular complexity index is 901. The van der Waals surface area contributed by atoms with Crippen molar-refractivity contribution in [2.75, 3.05) is 44.7 Å². The molecule has 1 heterocycles. The van der Waals surface area contributed by atoms with Crippen LogP contribution in [0.1, 0.15) is 47.3 Å². The summed E-state index contributed by atoms with van der Waals surface area (Å²) >= 11 is 0. The number of carbonyl (C=O) groups excluding carboxylic acids is 2. The second kappa shape index (κ2) is 9.00. The van der Waals surface area contributed by atoms with Gasteiger partial charge in [0.2, 0.25) is 0 Å². The van der Waals surface area contributed by atoms with Crippen LogP contribution in [0, 0.1) is 0 Å². The van der Waals surface area contributed by atoms with E-state index in [2.05, 4.69) is 29.2 Å². The topological polar surface area (TPSA) is 45.1 Å². The molecule has 2 aromatic carbocycles. The number of nitrogens with zero attached hydrogens (tertiary/aromatic N) is 2. The SMILES string of the molecule is CC(=O)c1ccc(N2CC[NH+](CC(=O)N(C)[C@@H]3CCCc4ccccc43)CC2)cc1. The molecule has 0 bridgehead atoms. The van der Waals surface area contributed by atoms with Gasteiger partial charge < -0.3 is 14.7 Å². The molecule has 1 aliphatic heterocycles. The number of quaternary nitrogens is 1. The number of likely N-dealkylation sites (N-methyl/N-ethyl adjacent to an activating group) is 1. The number of piperazine rings is 1. The number of amides is 1. The molecule has 5 heteroatoms. The molecular formula is C25H32N3O2+. The molecule has 0 radical (unpaired) electrons. The summed E-state index contributed by atoms with van der Waals surface area (Å²) < 4.78 is 0. The van der Waals surface area contributed by atoms with Crippen LogP contribution in [0.2, 0.25) is 0 Å². The molecule has 158 valence electrons. The first-order valence-electron chi connectivity index (χ1n) is 11.1. The number of ketones is 1. The van der Waals surface area contributed by atoms with Crippen molar-refractivity contribution in [1.29, 1.82) is 0 Å². The molecule has 1 N–H and O–H groups in total. The third kappa shape index (κ3) is 4.41. The van der Waals surface area contributed by atoms with Crippen LogP contribution in [0.5, 0.6) is 0 Å². The van der Waals surface area contributed by atoms with Gasteiger partial charge in [-0.15, -0.1) is 0 Å². The van der Waals surface area contributed by atoms with Gasteiger partial charge in [-0.3, -0.25) is 9.59 Å². The van der Waals surface area contributed by atoms with Crippen LogP contribution in [0.4, 0.5) is 5.69 Å². The van der Waals surface area contributed by atoms with Gasteiger partial charge in [0.25, 0.3) is 5.91 Å². The summed E-state index contributed by atoms with van der Waals surface area (Å²) in [5.74, 6) is 0.338. The summed E-state index contributed by atoms with van der Waals surface area (Å²) in [7, 11) is 1.97. The number of benzene rings is 2. The number of aryl methyl sites for hydroxylation is 1. The Kier molecular flexibility index (Phi) is 6.18. The van der Waals surface area contributed by atoms with E-state index in [-0.39, 0.29) is 17.7 Å². The quantitative estimate of drug-likeness (QED) is 0.774. The number of nitrogens with one attached hydrogen (secondary N) is 1. The molecule has 2 aliphatic rings. The van der Waals surface area contributed by atoms with Crippen LogP contribution in [-0.2, 0) is 11.2 Å². The monoisotopic (exact) mass is 406 g/mol. The number of hydrogen-bond acceptors (Lipinski definition) is 3. The van der Waals surface area contributed by atoms with Gasteiger partial charge in [0, 0.05) is 18.3 Å². The minimum absolute atomic E-state index is 0.0963. The van der Waals surface area contributed by atoms with E-state index in [1.54, 1.807) is 6.92 Å². The molecule has 2 aromatic rings. The Morgan fingerprint density at radius 3 is 2.47 bits per heavy atom. The molecule has 0 spiro atoms. The third-order valence-electron chi connectivity index (χ3n) is 6.71. The highest BCUT2D eigenvalue weighted by Gasteiger charge is 2.29. The van der Waals surface area contributed by atoms with Gasteiger partial charge >= 0.3 is 0 Å². The second-order valence-electron chi connectivity index (χ2n) is 8.63. The van der Waals surface area contributed by atoms with E-state index >= 15 is 0 Å². The van der Waals surface area contributed by atoms with Crippen molar-refractivity contribution in [3.63, 3.8) is 0 Å². The third-order valence-corrected chi connectivity index (χ3v) is 6.71. The van der Waals surface area contributed by atoms with Gasteiger partial charge in [0.05, 0.1) is 32.2 Å². The lowest BCUT2D eigenvalue weighted by Crippen LogP contribution is -3.15. The summed E-state index contributed by atoms with van der Waals surface area (Å²) in [6, 6.07) is 16.6. The van der Waals surface area contributed by atoms with E-state index < -0.39 is 0 Å². The molecular weight excluding hydrogens is 374 g/mol. The molecule has 1 aliphatic carbocycles. The average Bonchev–Trinajstić information content (AvgIpc) is 2.78. The molecule has 30 heavy (non-hydrogen) atoms. The van der Waals surface area contributed by atoms with E-state index in [1.807, 2.05) is 36.2 Å². The van der Waals surface area contributed by atoms with Gasteiger partial charge in [0.1, 0.15) is 0 Å². The number of fused-ring (bicyclic) bond motifs is 1. The predicted octanol–water partition coefficient (Wildman–Crippen LogP) is 2.13. The molecule has 0 unspecified atom stereocenters. The van der Waals surface area contributed by atoms with Gasteiger partial charge in [-0.25, -0.2) is 0 Å². The zero-order chi connectivity index (χ0) is 21.1. The Balaban J connectivity index is 1.32. The van der Waals surface area contributed by atoms with Crippen LogP contribution in [-0.4, -0.2) is 56.4 Å². The first-order valence-corrected chi connectivity index (χ1v) is 11.1. The standard InChI is InChI=1S/C25H31N3O2/c1-19(29)20-10-12-22(13-11-20)28-16-14-27(15-17-28)18-25(30)26(2)24-9-5-7-21-6-3-4-8-23(21)24/h3-4,6,8,10-13,24H,5,7,9,14-18H2,1-2H3/p+1/t24-/m1/s1. The van der Waals surface area contributed by atoms with Gasteiger partial charge in [-0.1, -0.05) is 24.3 Å². The number of anilines is 1. The number of rotatable bonds is 5. The van der Waals surface area contributed by atoms with Crippen molar-refractivity contribution < 1.29 is 14.5 Å². The molecule has 1 amide bonds. The summed E-state index contributed by atoms with van der Waals surface area (Å²) in [5.41, 5.74) is 4.63. The maximum atomic E-state index is 13.0. The Hall–Kier alpha value is -2.66. The highest BCUT2D eigenvalue weighted by molar-refractivity contribution is 5.94. The van der Waals surface area contributed by atoms with Crippen molar-refractivity contribution in [2.24, 2.45) is 0 Å². The molecule has 4 rings (SSSR count). The minimum atomic E-state index is 0.0963. The van der Waals surface area contributed by atoms with Crippen molar-refractivity contribution in [1.82, 2.24) is 4.90 Å². The minimum Gasteiger partial charge on any atom is -0.360 e. The Morgan fingerprint density at radius 1 is 1.07 bits per heavy atom. The van der Waals surface area contributed by atoms with Crippen molar-refractivity contribution >= 4 is 17.4 Å². The molecule has 0 saturated carbocycles. The second-order valence-corrected chi connectivity index (χ2v) is 8.63. The van der Waals surface area contributed by atoms with E-state index in [4.69, 9.17) is 0 Å². The zero-order valence-electron chi connectivity index (χ0n) is 18.1. The lowest BCUT2D eigenvalue weighted by atomic mass is 9.87. The summed E-state index contributed by atoms with van der Waals surface area (Å²) in [6.45, 7) is 5.92. The van der Waals surface area contributed by atoms with E-state index in [1.165, 1.54) is 16.0 Å². The van der Waals surface area contributed by atoms with Crippen molar-refractivity contribution in [2.45, 2.75) is 32.2 Å². The lowest BCUT2D eigenvalue weighted by molar-refractivity contribution is -0.892. The average molecular weight is 407 g/mol. The maximum Gasteiger partial charge on any atom is 0.278 e. The fraction of sp³-hybridized carbons (Fsp3) is 0.440. The fourth-order valence-electron chi connectivity index (χ4n) is 4.81. The highest BCUT2D eigenvalue weighted by Crippen LogP contribution is 2.33. The Morgan fingerprint density at radius 2 is 1.77 bits per heavy atom. The summed E-state index contributed by atoms with van der Waals surface area (Å²) in [4.78, 5) is 30.2. The van der Waals surface area contributed by atoms with Crippen LogP contribution in [0.3, 0.4) is 0 Å². The first kappa shape index (κ1) is 20.6. The van der Waals surface area contributed by atoms with Crippen LogP contribution >= 0.6 is 0 Å². The molecule has 1 atom stereocenters. The van der Waals surface area contributed by atoms with Crippen LogP contribution in [0.25, 0.3) is 0 Å². The van der Waals surface area contributed by atoms with Crippen LogP contribution in [0.15, 0.2) is 48.5 Å². The number of hydrogen-bond donors (Lipinski definition) is 1. The first-order chi connectivity index (χ1) is 14.5. The van der Waals surface area contributed by atoms with Crippen molar-refractivity contribution in [3.05, 3.63) is 65.2 Å². The van der Waals surface area contributed by atoms with Gasteiger partial charge in [-0.2, -0.15) is 0 Å². The van der Waals surface area contributed by atoms with E-state index in [9.17, 15) is 9.59 Å². The molecule has 1 saturated heterocycles. The van der Waals surface area contributed by atoms with Gasteiger partial charge in [-0.05, 0) is 61.6 Å². The maximum absolute atomic E-state index is 13.0. The lowest BCUT2D eigenvalue weighted by Gasteiger charge is -2.36. The zero-order valence-corrected chi connectivity index (χ0v) is 18.1. The van der Waals surface area contributed by atoms with Crippen LogP contribution < -0.4 is 9.80 Å². The highest BCUT2D eigenvalue weighted by atomic mass is 16.2. The van der Waals surface area contributed by atoms with Crippen molar-refractivity contribution in [3.8, 4) is 0 Å². The Labute approximate surface area is 179 Å². The molecule has 1 fully saturated rings. The molecule has 5 nitrogen and oxygen atoms in total. The summed E-state index contributed by atoms with van der Waals surface area (Å²) in [5, 5.41) is 0. The normalized spacial score (nSPS) is 19.3. The largest absolute Gasteiger partial charge is 0.360 e. The molecule has 0 aromatic heterocycles. The smallest absolute Gasteiger partial charge is 0.278 e. The predicted molar refractivity (Wildman–Crippen MR) is 119 cm³/mol. The summed E-state index contributed by atoms with van der Waals surface area (Å²) in [6.07, 6.45) is 3.32. The number of Topliss-reactive ketones (excluding diaryl/α,β-unsaturated/α-hetero) is 1. The van der Waals surface area contributed by atoms with E-state index in [0.717, 1.165) is 56.7 Å². The van der Waals surface area contributed by atoms with Gasteiger partial charge in [0.15, 0.2) is 12.3 Å².